The zero-order chi connectivity index (χ0) is 19.7. The Balaban J connectivity index is 1.61. The Bertz CT molecular complexity index is 1020. The Morgan fingerprint density at radius 1 is 1.18 bits per heavy atom. The number of nitrogens with zero attached hydrogens (tertiary/aromatic N) is 3. The first-order valence-corrected chi connectivity index (χ1v) is 9.54. The second kappa shape index (κ2) is 7.08. The molecule has 2 aliphatic rings. The largest absolute Gasteiger partial charge is 0.344 e. The monoisotopic (exact) mass is 373 g/mol. The maximum absolute atomic E-state index is 10.9. The van der Waals surface area contributed by atoms with Gasteiger partial charge in [-0.25, -0.2) is 0 Å². The van der Waals surface area contributed by atoms with Gasteiger partial charge in [0.05, 0.1) is 10.6 Å². The van der Waals surface area contributed by atoms with Gasteiger partial charge in [0.2, 0.25) is 0 Å². The number of para-hydroxylation sites is 1. The van der Waals surface area contributed by atoms with Crippen LogP contribution in [-0.2, 0) is 5.41 Å². The third kappa shape index (κ3) is 3.13. The molecule has 0 amide bonds. The Kier molecular flexibility index (Phi) is 4.59. The summed E-state index contributed by atoms with van der Waals surface area (Å²) >= 11 is 0. The molecule has 0 unspecified atom stereocenters. The maximum Gasteiger partial charge on any atom is 0.271 e. The number of fused-ring (bicyclic) bond motifs is 3. The summed E-state index contributed by atoms with van der Waals surface area (Å²) < 4.78 is 0. The molecule has 5 heteroatoms. The highest BCUT2D eigenvalue weighted by molar-refractivity contribution is 5.77. The second-order valence-electron chi connectivity index (χ2n) is 7.69. The Hall–Kier alpha value is -3.21. The number of rotatable bonds is 4. The minimum atomic E-state index is -0.405. The number of hydrogen-bond donors (Lipinski definition) is 0. The molecule has 0 spiro atoms. The van der Waals surface area contributed by atoms with Crippen molar-refractivity contribution in [3.8, 4) is 0 Å². The van der Waals surface area contributed by atoms with Crippen LogP contribution in [-0.4, -0.2) is 17.7 Å². The molecule has 0 N–H and O–H groups in total. The van der Waals surface area contributed by atoms with Crippen LogP contribution in [0.4, 0.5) is 17.1 Å². The molecule has 142 valence electrons. The lowest BCUT2D eigenvalue weighted by Gasteiger charge is -2.33. The summed E-state index contributed by atoms with van der Waals surface area (Å²) in [6.45, 7) is 5.63. The second-order valence-corrected chi connectivity index (χ2v) is 7.69. The average molecular weight is 373 g/mol. The first-order valence-electron chi connectivity index (χ1n) is 9.54. The molecule has 0 aromatic heterocycles. The van der Waals surface area contributed by atoms with Gasteiger partial charge in [0.1, 0.15) is 0 Å². The van der Waals surface area contributed by atoms with E-state index in [1.165, 1.54) is 34.7 Å². The average Bonchev–Trinajstić information content (AvgIpc) is 2.94. The molecule has 0 saturated heterocycles. The normalized spacial score (nSPS) is 18.0. The van der Waals surface area contributed by atoms with Crippen LogP contribution in [0.1, 0.15) is 32.3 Å². The van der Waals surface area contributed by atoms with Gasteiger partial charge in [-0.1, -0.05) is 44.2 Å². The summed E-state index contributed by atoms with van der Waals surface area (Å²) in [5.41, 5.74) is 6.01. The van der Waals surface area contributed by atoms with Crippen LogP contribution in [0, 0.1) is 10.1 Å². The summed E-state index contributed by atoms with van der Waals surface area (Å²) in [5, 5.41) is 10.9. The van der Waals surface area contributed by atoms with Crippen molar-refractivity contribution in [2.75, 3.05) is 11.4 Å². The quantitative estimate of drug-likeness (QED) is 0.392. The van der Waals surface area contributed by atoms with Crippen LogP contribution in [0.3, 0.4) is 0 Å². The summed E-state index contributed by atoms with van der Waals surface area (Å²) in [6.07, 6.45) is 7.94. The van der Waals surface area contributed by atoms with Crippen LogP contribution in [0.5, 0.6) is 0 Å². The van der Waals surface area contributed by atoms with Crippen LogP contribution in [0.15, 0.2) is 76.9 Å². The lowest BCUT2D eigenvalue weighted by Crippen LogP contribution is -2.31. The summed E-state index contributed by atoms with van der Waals surface area (Å²) in [6, 6.07) is 15.0. The van der Waals surface area contributed by atoms with Gasteiger partial charge in [-0.15, -0.1) is 0 Å². The van der Waals surface area contributed by atoms with Gasteiger partial charge in [0.25, 0.3) is 5.69 Å². The lowest BCUT2D eigenvalue weighted by atomic mass is 9.80. The number of nitro benzene ring substituents is 1. The first kappa shape index (κ1) is 18.2. The van der Waals surface area contributed by atoms with E-state index in [1.54, 1.807) is 18.3 Å². The van der Waals surface area contributed by atoms with Crippen molar-refractivity contribution in [3.63, 3.8) is 0 Å². The molecule has 2 aliphatic heterocycles. The van der Waals surface area contributed by atoms with Crippen LogP contribution in [0.25, 0.3) is 0 Å². The van der Waals surface area contributed by atoms with Crippen molar-refractivity contribution in [1.29, 1.82) is 0 Å². The van der Waals surface area contributed by atoms with Gasteiger partial charge < -0.3 is 4.90 Å². The standard InChI is InChI=1S/C23H23N3O2/c1-23(2)20-12-3-4-13-21(20)25-15-7-9-17(22(23)25)8-6-14-24-18-10-5-11-19(16-18)26(27)28/h3-6,8,10-14,16H,7,9,15H2,1-2H3. The highest BCUT2D eigenvalue weighted by Gasteiger charge is 2.42. The van der Waals surface area contributed by atoms with Crippen molar-refractivity contribution in [2.45, 2.75) is 32.1 Å². The van der Waals surface area contributed by atoms with Gasteiger partial charge in [0, 0.05) is 41.7 Å². The molecular weight excluding hydrogens is 350 g/mol. The molecule has 0 aliphatic carbocycles. The van der Waals surface area contributed by atoms with Crippen molar-refractivity contribution in [3.05, 3.63) is 87.6 Å². The fraction of sp³-hybridized carbons (Fsp3) is 0.261. The maximum atomic E-state index is 10.9. The smallest absolute Gasteiger partial charge is 0.271 e. The van der Waals surface area contributed by atoms with E-state index in [4.69, 9.17) is 0 Å². The van der Waals surface area contributed by atoms with Crippen molar-refractivity contribution < 1.29 is 4.92 Å². The van der Waals surface area contributed by atoms with Gasteiger partial charge in [0.15, 0.2) is 0 Å². The summed E-state index contributed by atoms with van der Waals surface area (Å²) in [4.78, 5) is 17.3. The van der Waals surface area contributed by atoms with Gasteiger partial charge >= 0.3 is 0 Å². The van der Waals surface area contributed by atoms with Gasteiger partial charge in [-0.2, -0.15) is 0 Å². The molecule has 0 atom stereocenters. The zero-order valence-electron chi connectivity index (χ0n) is 16.1. The Morgan fingerprint density at radius 2 is 2.00 bits per heavy atom. The molecule has 0 bridgehead atoms. The molecular formula is C23H23N3O2. The lowest BCUT2D eigenvalue weighted by molar-refractivity contribution is -0.384. The predicted octanol–water partition coefficient (Wildman–Crippen LogP) is 5.70. The fourth-order valence-electron chi connectivity index (χ4n) is 4.31. The molecule has 2 aromatic rings. The van der Waals surface area contributed by atoms with E-state index in [9.17, 15) is 10.1 Å². The third-order valence-electron chi connectivity index (χ3n) is 5.51. The molecule has 5 nitrogen and oxygen atoms in total. The topological polar surface area (TPSA) is 58.7 Å². The SMILES string of the molecule is CC1(C)C2=C(C=CC=Nc3cccc([N+](=O)[O-])c3)CCCN2c2ccccc21. The highest BCUT2D eigenvalue weighted by Crippen LogP contribution is 2.50. The number of aliphatic imine (C=N–C) groups is 1. The van der Waals surface area contributed by atoms with Crippen molar-refractivity contribution >= 4 is 23.3 Å². The van der Waals surface area contributed by atoms with E-state index < -0.39 is 4.92 Å². The number of non-ortho nitro benzene ring substituents is 1. The number of allylic oxidation sites excluding steroid dienone is 4. The molecule has 0 radical (unpaired) electrons. The van der Waals surface area contributed by atoms with Crippen LogP contribution < -0.4 is 4.90 Å². The number of nitro groups is 1. The zero-order valence-corrected chi connectivity index (χ0v) is 16.1. The minimum absolute atomic E-state index is 0.0200. The Labute approximate surface area is 164 Å². The van der Waals surface area contributed by atoms with Crippen molar-refractivity contribution in [2.24, 2.45) is 4.99 Å². The van der Waals surface area contributed by atoms with E-state index in [1.807, 2.05) is 6.08 Å². The molecule has 4 rings (SSSR count). The molecule has 2 aromatic carbocycles. The number of hydrogen-bond acceptors (Lipinski definition) is 4. The summed E-state index contributed by atoms with van der Waals surface area (Å²) in [7, 11) is 0. The van der Waals surface area contributed by atoms with Crippen molar-refractivity contribution in [1.82, 2.24) is 0 Å². The fourth-order valence-corrected chi connectivity index (χ4v) is 4.31. The van der Waals surface area contributed by atoms with E-state index in [2.05, 4.69) is 54.1 Å². The first-order chi connectivity index (χ1) is 13.5. The third-order valence-corrected chi connectivity index (χ3v) is 5.51. The van der Waals surface area contributed by atoms with Gasteiger partial charge in [-0.05, 0) is 42.2 Å². The van der Waals surface area contributed by atoms with E-state index >= 15 is 0 Å². The molecule has 28 heavy (non-hydrogen) atoms. The molecule has 0 saturated carbocycles. The Morgan fingerprint density at radius 3 is 2.82 bits per heavy atom. The summed E-state index contributed by atoms with van der Waals surface area (Å²) in [5.74, 6) is 0. The highest BCUT2D eigenvalue weighted by atomic mass is 16.6. The van der Waals surface area contributed by atoms with Gasteiger partial charge in [-0.3, -0.25) is 15.1 Å². The van der Waals surface area contributed by atoms with E-state index in [-0.39, 0.29) is 11.1 Å². The predicted molar refractivity (Wildman–Crippen MR) is 113 cm³/mol. The van der Waals surface area contributed by atoms with E-state index in [0.717, 1.165) is 19.4 Å². The number of anilines is 1. The number of benzene rings is 2. The van der Waals surface area contributed by atoms with Crippen LogP contribution in [0.2, 0.25) is 0 Å². The molecule has 2 heterocycles. The minimum Gasteiger partial charge on any atom is -0.344 e. The molecule has 0 fully saturated rings. The van der Waals surface area contributed by atoms with Crippen LogP contribution >= 0.6 is 0 Å². The van der Waals surface area contributed by atoms with E-state index in [0.29, 0.717) is 5.69 Å².